The van der Waals surface area contributed by atoms with Crippen LogP contribution in [0.15, 0.2) is 24.3 Å². The van der Waals surface area contributed by atoms with Gasteiger partial charge in [0.15, 0.2) is 0 Å². The van der Waals surface area contributed by atoms with E-state index in [0.717, 1.165) is 42.4 Å². The van der Waals surface area contributed by atoms with Crippen molar-refractivity contribution >= 4 is 16.8 Å². The van der Waals surface area contributed by atoms with Crippen LogP contribution in [0.4, 0.5) is 0 Å². The van der Waals surface area contributed by atoms with Gasteiger partial charge in [0.25, 0.3) is 5.91 Å². The third kappa shape index (κ3) is 2.43. The van der Waals surface area contributed by atoms with Gasteiger partial charge < -0.3 is 15.2 Å². The first-order chi connectivity index (χ1) is 9.65. The summed E-state index contributed by atoms with van der Waals surface area (Å²) in [6, 6.07) is 8.30. The summed E-state index contributed by atoms with van der Waals surface area (Å²) in [5.74, 6) is 0.0130. The second-order valence-electron chi connectivity index (χ2n) is 5.75. The van der Waals surface area contributed by atoms with Crippen LogP contribution in [0.2, 0.25) is 0 Å². The van der Waals surface area contributed by atoms with Crippen molar-refractivity contribution in [2.45, 2.75) is 25.8 Å². The van der Waals surface area contributed by atoms with Crippen LogP contribution >= 0.6 is 0 Å². The Balaban J connectivity index is 1.80. The first-order valence-electron chi connectivity index (χ1n) is 7.22. The van der Waals surface area contributed by atoms with Crippen molar-refractivity contribution in [3.63, 3.8) is 0 Å². The van der Waals surface area contributed by atoms with Gasteiger partial charge in [-0.15, -0.1) is 0 Å². The molecule has 1 amide bonds. The van der Waals surface area contributed by atoms with Crippen molar-refractivity contribution in [3.05, 3.63) is 35.5 Å². The number of rotatable bonds is 2. The second kappa shape index (κ2) is 5.29. The minimum atomic E-state index is 0.0130. The zero-order valence-corrected chi connectivity index (χ0v) is 12.1. The number of likely N-dealkylation sites (N-methyl/N-ethyl adjacent to an activating group) is 1. The predicted octanol–water partition coefficient (Wildman–Crippen LogP) is 2.30. The van der Waals surface area contributed by atoms with Gasteiger partial charge in [0.2, 0.25) is 0 Å². The lowest BCUT2D eigenvalue weighted by Gasteiger charge is -2.30. The van der Waals surface area contributed by atoms with Crippen molar-refractivity contribution in [1.82, 2.24) is 15.2 Å². The zero-order valence-electron chi connectivity index (χ0n) is 12.1. The van der Waals surface area contributed by atoms with Crippen LogP contribution in [0.5, 0.6) is 0 Å². The Hall–Kier alpha value is -1.81. The summed E-state index contributed by atoms with van der Waals surface area (Å²) in [5.41, 5.74) is 2.75. The van der Waals surface area contributed by atoms with Crippen LogP contribution in [-0.2, 0) is 0 Å². The molecule has 1 aliphatic rings. The van der Waals surface area contributed by atoms with E-state index in [-0.39, 0.29) is 11.9 Å². The highest BCUT2D eigenvalue weighted by Crippen LogP contribution is 2.21. The molecule has 4 heteroatoms. The highest BCUT2D eigenvalue weighted by Gasteiger charge is 2.21. The van der Waals surface area contributed by atoms with Gasteiger partial charge in [-0.05, 0) is 45.0 Å². The number of benzene rings is 1. The van der Waals surface area contributed by atoms with Crippen molar-refractivity contribution in [2.24, 2.45) is 0 Å². The first-order valence-corrected chi connectivity index (χ1v) is 7.22. The first kappa shape index (κ1) is 13.2. The number of para-hydroxylation sites is 1. The summed E-state index contributed by atoms with van der Waals surface area (Å²) in [7, 11) is 2.10. The Bertz CT molecular complexity index is 632. The van der Waals surface area contributed by atoms with E-state index in [4.69, 9.17) is 0 Å². The zero-order chi connectivity index (χ0) is 14.1. The molecule has 106 valence electrons. The molecule has 0 aliphatic carbocycles. The van der Waals surface area contributed by atoms with Gasteiger partial charge in [-0.2, -0.15) is 0 Å². The van der Waals surface area contributed by atoms with E-state index in [9.17, 15) is 4.79 Å². The fourth-order valence-electron chi connectivity index (χ4n) is 3.05. The number of nitrogens with one attached hydrogen (secondary N) is 2. The predicted molar refractivity (Wildman–Crippen MR) is 81.0 cm³/mol. The summed E-state index contributed by atoms with van der Waals surface area (Å²) >= 11 is 0. The molecule has 2 heterocycles. The standard InChI is InChI=1S/C16H21N3O/c1-11-13-7-3-4-8-14(13)18-15(11)16(20)17-12-6-5-9-19(2)10-12/h3-4,7-8,12,18H,5-6,9-10H2,1-2H3,(H,17,20)/t12-/m1/s1. The molecule has 0 unspecified atom stereocenters. The third-order valence-electron chi connectivity index (χ3n) is 4.15. The number of carbonyl (C=O) groups is 1. The lowest BCUT2D eigenvalue weighted by Crippen LogP contribution is -2.46. The van der Waals surface area contributed by atoms with E-state index < -0.39 is 0 Å². The topological polar surface area (TPSA) is 48.1 Å². The molecule has 1 atom stereocenters. The molecule has 4 nitrogen and oxygen atoms in total. The maximum absolute atomic E-state index is 12.4. The van der Waals surface area contributed by atoms with Crippen molar-refractivity contribution < 1.29 is 4.79 Å². The summed E-state index contributed by atoms with van der Waals surface area (Å²) in [6.07, 6.45) is 2.21. The molecule has 1 saturated heterocycles. The van der Waals surface area contributed by atoms with Gasteiger partial charge in [0.05, 0.1) is 0 Å². The number of hydrogen-bond donors (Lipinski definition) is 2. The number of amides is 1. The lowest BCUT2D eigenvalue weighted by atomic mass is 10.1. The molecule has 1 aromatic heterocycles. The molecule has 0 bridgehead atoms. The highest BCUT2D eigenvalue weighted by molar-refractivity contribution is 6.00. The molecule has 0 radical (unpaired) electrons. The fourth-order valence-corrected chi connectivity index (χ4v) is 3.05. The number of likely N-dealkylation sites (tertiary alicyclic amines) is 1. The van der Waals surface area contributed by atoms with Crippen LogP contribution in [-0.4, -0.2) is 42.0 Å². The van der Waals surface area contributed by atoms with Crippen LogP contribution in [0.1, 0.15) is 28.9 Å². The largest absolute Gasteiger partial charge is 0.350 e. The van der Waals surface area contributed by atoms with Crippen molar-refractivity contribution in [2.75, 3.05) is 20.1 Å². The maximum atomic E-state index is 12.4. The molecule has 2 N–H and O–H groups in total. The van der Waals surface area contributed by atoms with Crippen LogP contribution in [0, 0.1) is 6.92 Å². The molecule has 0 saturated carbocycles. The Morgan fingerprint density at radius 1 is 1.40 bits per heavy atom. The number of carbonyl (C=O) groups excluding carboxylic acids is 1. The molecule has 0 spiro atoms. The van der Waals surface area contributed by atoms with Crippen LogP contribution in [0.3, 0.4) is 0 Å². The fraction of sp³-hybridized carbons (Fsp3) is 0.438. The molecule has 2 aromatic rings. The van der Waals surface area contributed by atoms with Gasteiger partial charge in [-0.25, -0.2) is 0 Å². The summed E-state index contributed by atoms with van der Waals surface area (Å²) in [6.45, 7) is 4.06. The normalized spacial score (nSPS) is 20.2. The molecule has 1 aliphatic heterocycles. The summed E-state index contributed by atoms with van der Waals surface area (Å²) < 4.78 is 0. The number of nitrogens with zero attached hydrogens (tertiary/aromatic N) is 1. The number of fused-ring (bicyclic) bond motifs is 1. The molecule has 3 rings (SSSR count). The Kier molecular flexibility index (Phi) is 3.49. The highest BCUT2D eigenvalue weighted by atomic mass is 16.2. The average molecular weight is 271 g/mol. The number of aromatic nitrogens is 1. The quantitative estimate of drug-likeness (QED) is 0.880. The molecular formula is C16H21N3O. The van der Waals surface area contributed by atoms with E-state index in [0.29, 0.717) is 5.69 Å². The minimum absolute atomic E-state index is 0.0130. The summed E-state index contributed by atoms with van der Waals surface area (Å²) in [5, 5.41) is 4.28. The van der Waals surface area contributed by atoms with Crippen LogP contribution < -0.4 is 5.32 Å². The Labute approximate surface area is 119 Å². The smallest absolute Gasteiger partial charge is 0.268 e. The Morgan fingerprint density at radius 3 is 2.95 bits per heavy atom. The van der Waals surface area contributed by atoms with Gasteiger partial charge in [0.1, 0.15) is 5.69 Å². The summed E-state index contributed by atoms with van der Waals surface area (Å²) in [4.78, 5) is 18.0. The SMILES string of the molecule is Cc1c(C(=O)N[C@@H]2CCCN(C)C2)[nH]c2ccccc12. The van der Waals surface area contributed by atoms with E-state index >= 15 is 0 Å². The van der Waals surface area contributed by atoms with Crippen molar-refractivity contribution in [1.29, 1.82) is 0 Å². The molecule has 20 heavy (non-hydrogen) atoms. The number of aryl methyl sites for hydroxylation is 1. The van der Waals surface area contributed by atoms with E-state index in [1.807, 2.05) is 31.2 Å². The maximum Gasteiger partial charge on any atom is 0.268 e. The number of aromatic amines is 1. The average Bonchev–Trinajstić information content (AvgIpc) is 2.77. The van der Waals surface area contributed by atoms with E-state index in [2.05, 4.69) is 22.2 Å². The minimum Gasteiger partial charge on any atom is -0.350 e. The van der Waals surface area contributed by atoms with E-state index in [1.54, 1.807) is 0 Å². The number of H-pyrrole nitrogens is 1. The van der Waals surface area contributed by atoms with E-state index in [1.165, 1.54) is 0 Å². The van der Waals surface area contributed by atoms with Gasteiger partial charge in [-0.3, -0.25) is 4.79 Å². The lowest BCUT2D eigenvalue weighted by molar-refractivity contribution is 0.0907. The van der Waals surface area contributed by atoms with Crippen molar-refractivity contribution in [3.8, 4) is 0 Å². The second-order valence-corrected chi connectivity index (χ2v) is 5.75. The molecular weight excluding hydrogens is 250 g/mol. The third-order valence-corrected chi connectivity index (χ3v) is 4.15. The van der Waals surface area contributed by atoms with Gasteiger partial charge in [0, 0.05) is 23.5 Å². The molecule has 1 fully saturated rings. The number of piperidine rings is 1. The van der Waals surface area contributed by atoms with Gasteiger partial charge in [-0.1, -0.05) is 18.2 Å². The number of hydrogen-bond acceptors (Lipinski definition) is 2. The van der Waals surface area contributed by atoms with Crippen LogP contribution in [0.25, 0.3) is 10.9 Å². The van der Waals surface area contributed by atoms with Gasteiger partial charge >= 0.3 is 0 Å². The monoisotopic (exact) mass is 271 g/mol. The Morgan fingerprint density at radius 2 is 2.20 bits per heavy atom. The molecule has 1 aromatic carbocycles.